The summed E-state index contributed by atoms with van der Waals surface area (Å²) < 4.78 is 15.9. The molecule has 0 spiro atoms. The molecule has 3 amide bonds. The molecule has 1 aromatic carbocycles. The second-order valence-corrected chi connectivity index (χ2v) is 7.45. The van der Waals surface area contributed by atoms with Gasteiger partial charge in [-0.3, -0.25) is 19.6 Å². The van der Waals surface area contributed by atoms with Crippen LogP contribution in [0, 0.1) is 0 Å². The Morgan fingerprint density at radius 1 is 1.19 bits per heavy atom. The Hall–Kier alpha value is -5.08. The molecule has 1 aliphatic heterocycles. The first-order valence-corrected chi connectivity index (χ1v) is 10.8. The third kappa shape index (κ3) is 6.33. The van der Waals surface area contributed by atoms with Gasteiger partial charge in [0.2, 0.25) is 5.88 Å². The minimum atomic E-state index is -0.901. The third-order valence-electron chi connectivity index (χ3n) is 4.99. The van der Waals surface area contributed by atoms with E-state index in [4.69, 9.17) is 14.2 Å². The smallest absolute Gasteiger partial charge is 0.338 e. The van der Waals surface area contributed by atoms with Crippen molar-refractivity contribution in [2.24, 2.45) is 5.10 Å². The van der Waals surface area contributed by atoms with Crippen molar-refractivity contribution in [3.8, 4) is 17.4 Å². The van der Waals surface area contributed by atoms with E-state index in [2.05, 4.69) is 21.2 Å². The van der Waals surface area contributed by atoms with Gasteiger partial charge in [0.25, 0.3) is 11.5 Å². The summed E-state index contributed by atoms with van der Waals surface area (Å²) in [5.74, 6) is -1.62. The highest BCUT2D eigenvalue weighted by atomic mass is 16.5. The van der Waals surface area contributed by atoms with Crippen LogP contribution in [0.3, 0.4) is 0 Å². The molecule has 0 aliphatic carbocycles. The lowest BCUT2D eigenvalue weighted by atomic mass is 9.95. The van der Waals surface area contributed by atoms with Crippen molar-refractivity contribution in [1.29, 1.82) is 0 Å². The SMILES string of the molecule is CCOC(=O)C1=C(C)NC(=O)NC1c1ccc(OCC(=O)NN=Cc2c(O)[nH]c(=O)[nH]c2=O)c(OC)c1. The van der Waals surface area contributed by atoms with E-state index < -0.39 is 47.7 Å². The summed E-state index contributed by atoms with van der Waals surface area (Å²) in [4.78, 5) is 63.2. The van der Waals surface area contributed by atoms with Gasteiger partial charge in [0.1, 0.15) is 5.56 Å². The van der Waals surface area contributed by atoms with Crippen LogP contribution in [-0.2, 0) is 14.3 Å². The molecule has 0 saturated carbocycles. The number of methoxy groups -OCH3 is 1. The molecule has 3 rings (SSSR count). The van der Waals surface area contributed by atoms with Crippen molar-refractivity contribution < 1.29 is 33.7 Å². The quantitative estimate of drug-likeness (QED) is 0.144. The molecule has 0 radical (unpaired) electrons. The summed E-state index contributed by atoms with van der Waals surface area (Å²) in [5.41, 5.74) is 1.01. The summed E-state index contributed by atoms with van der Waals surface area (Å²) in [5, 5.41) is 18.4. The van der Waals surface area contributed by atoms with Gasteiger partial charge >= 0.3 is 17.7 Å². The van der Waals surface area contributed by atoms with Crippen molar-refractivity contribution in [3.05, 3.63) is 61.4 Å². The van der Waals surface area contributed by atoms with Gasteiger partial charge in [0, 0.05) is 5.70 Å². The number of aromatic nitrogens is 2. The van der Waals surface area contributed by atoms with Crippen molar-refractivity contribution in [1.82, 2.24) is 26.0 Å². The van der Waals surface area contributed by atoms with E-state index in [1.54, 1.807) is 26.0 Å². The Kier molecular flexibility index (Phi) is 8.29. The van der Waals surface area contributed by atoms with Gasteiger partial charge in [-0.05, 0) is 31.5 Å². The Balaban J connectivity index is 1.71. The van der Waals surface area contributed by atoms with E-state index in [1.807, 2.05) is 9.97 Å². The molecular weight excluding hydrogens is 492 g/mol. The van der Waals surface area contributed by atoms with Crippen molar-refractivity contribution in [2.45, 2.75) is 19.9 Å². The van der Waals surface area contributed by atoms with Gasteiger partial charge in [-0.15, -0.1) is 0 Å². The van der Waals surface area contributed by atoms with Gasteiger partial charge < -0.3 is 30.0 Å². The number of carbonyl (C=O) groups is 3. The van der Waals surface area contributed by atoms with Gasteiger partial charge in [0.05, 0.1) is 31.5 Å². The molecule has 196 valence electrons. The van der Waals surface area contributed by atoms with Crippen LogP contribution in [0.25, 0.3) is 0 Å². The fraction of sp³-hybridized carbons (Fsp3) is 0.273. The number of hydrogen-bond donors (Lipinski definition) is 6. The second kappa shape index (κ2) is 11.6. The van der Waals surface area contributed by atoms with Gasteiger partial charge in [-0.25, -0.2) is 19.8 Å². The molecule has 2 aromatic rings. The number of nitrogens with one attached hydrogen (secondary N) is 5. The van der Waals surface area contributed by atoms with Crippen LogP contribution in [0.5, 0.6) is 17.4 Å². The van der Waals surface area contributed by atoms with Gasteiger partial charge in [-0.2, -0.15) is 5.10 Å². The molecule has 2 heterocycles. The monoisotopic (exact) mass is 516 g/mol. The van der Waals surface area contributed by atoms with E-state index in [9.17, 15) is 29.1 Å². The molecule has 1 atom stereocenters. The van der Waals surface area contributed by atoms with E-state index in [0.717, 1.165) is 6.21 Å². The van der Waals surface area contributed by atoms with Gasteiger partial charge in [0.15, 0.2) is 18.1 Å². The largest absolute Gasteiger partial charge is 0.494 e. The molecule has 0 saturated heterocycles. The first kappa shape index (κ1) is 26.5. The molecule has 0 fully saturated rings. The number of hydrogen-bond acceptors (Lipinski definition) is 10. The van der Waals surface area contributed by atoms with Crippen LogP contribution in [0.4, 0.5) is 4.79 Å². The number of hydrazone groups is 1. The minimum absolute atomic E-state index is 0.154. The number of aromatic hydroxyl groups is 1. The maximum atomic E-state index is 12.5. The number of benzene rings is 1. The highest BCUT2D eigenvalue weighted by molar-refractivity contribution is 5.95. The molecule has 15 heteroatoms. The summed E-state index contributed by atoms with van der Waals surface area (Å²) >= 11 is 0. The number of esters is 1. The van der Waals surface area contributed by atoms with Crippen LogP contribution in [-0.4, -0.2) is 59.5 Å². The topological polar surface area (TPSA) is 213 Å². The average Bonchev–Trinajstić information content (AvgIpc) is 2.83. The number of ether oxygens (including phenoxy) is 3. The number of H-pyrrole nitrogens is 2. The zero-order valence-corrected chi connectivity index (χ0v) is 20.0. The Labute approximate surface area is 208 Å². The Bertz CT molecular complexity index is 1390. The Morgan fingerprint density at radius 3 is 2.62 bits per heavy atom. The first-order chi connectivity index (χ1) is 17.6. The standard InChI is InChI=1S/C22H24N6O9/c1-4-36-20(32)16-10(2)24-21(33)25-17(16)11-5-6-13(14(7-11)35-3)37-9-15(29)28-23-8-12-18(30)26-22(34)27-19(12)31/h5-8,17H,4,9H2,1-3H3,(H,28,29)(H2,24,25,33)(H3,26,27,30,31,34). The van der Waals surface area contributed by atoms with E-state index in [1.165, 1.54) is 13.2 Å². The normalized spacial score (nSPS) is 15.1. The van der Waals surface area contributed by atoms with Crippen molar-refractivity contribution in [2.75, 3.05) is 20.3 Å². The fourth-order valence-electron chi connectivity index (χ4n) is 3.35. The lowest BCUT2D eigenvalue weighted by Crippen LogP contribution is -2.45. The lowest BCUT2D eigenvalue weighted by Gasteiger charge is -2.28. The number of amides is 3. The molecule has 37 heavy (non-hydrogen) atoms. The van der Waals surface area contributed by atoms with Crippen molar-refractivity contribution >= 4 is 24.1 Å². The summed E-state index contributed by atoms with van der Waals surface area (Å²) in [7, 11) is 1.37. The minimum Gasteiger partial charge on any atom is -0.494 e. The summed E-state index contributed by atoms with van der Waals surface area (Å²) in [6.07, 6.45) is 0.849. The molecule has 6 N–H and O–H groups in total. The second-order valence-electron chi connectivity index (χ2n) is 7.45. The first-order valence-electron chi connectivity index (χ1n) is 10.8. The van der Waals surface area contributed by atoms with E-state index in [-0.39, 0.29) is 29.2 Å². The number of rotatable bonds is 9. The van der Waals surface area contributed by atoms with Crippen LogP contribution in [0.1, 0.15) is 31.0 Å². The molecule has 1 aliphatic rings. The fourth-order valence-corrected chi connectivity index (χ4v) is 3.35. The molecule has 1 unspecified atom stereocenters. The average molecular weight is 516 g/mol. The zero-order valence-electron chi connectivity index (χ0n) is 20.0. The predicted octanol–water partition coefficient (Wildman–Crippen LogP) is -0.502. The maximum absolute atomic E-state index is 12.5. The third-order valence-corrected chi connectivity index (χ3v) is 4.99. The molecular formula is C22H24N6O9. The predicted molar refractivity (Wildman–Crippen MR) is 127 cm³/mol. The molecule has 0 bridgehead atoms. The summed E-state index contributed by atoms with van der Waals surface area (Å²) in [6, 6.07) is 3.31. The van der Waals surface area contributed by atoms with Crippen LogP contribution in [0.2, 0.25) is 0 Å². The number of aromatic amines is 2. The highest BCUT2D eigenvalue weighted by Gasteiger charge is 2.32. The molecule has 1 aromatic heterocycles. The van der Waals surface area contributed by atoms with E-state index >= 15 is 0 Å². The van der Waals surface area contributed by atoms with Gasteiger partial charge in [-0.1, -0.05) is 6.07 Å². The zero-order chi connectivity index (χ0) is 27.1. The maximum Gasteiger partial charge on any atom is 0.338 e. The van der Waals surface area contributed by atoms with Crippen LogP contribution < -0.4 is 36.8 Å². The number of nitrogens with zero attached hydrogens (tertiary/aromatic N) is 1. The van der Waals surface area contributed by atoms with Crippen LogP contribution >= 0.6 is 0 Å². The number of urea groups is 1. The summed E-state index contributed by atoms with van der Waals surface area (Å²) in [6.45, 7) is 2.91. The van der Waals surface area contributed by atoms with Crippen LogP contribution in [0.15, 0.2) is 44.2 Å². The van der Waals surface area contributed by atoms with Crippen molar-refractivity contribution in [3.63, 3.8) is 0 Å². The Morgan fingerprint density at radius 2 is 1.95 bits per heavy atom. The molecule has 15 nitrogen and oxygen atoms in total. The lowest BCUT2D eigenvalue weighted by molar-refractivity contribution is -0.139. The number of allylic oxidation sites excluding steroid dienone is 1. The highest BCUT2D eigenvalue weighted by Crippen LogP contribution is 2.34. The van der Waals surface area contributed by atoms with E-state index in [0.29, 0.717) is 11.3 Å². The number of carbonyl (C=O) groups excluding carboxylic acids is 3.